The Kier molecular flexibility index (Phi) is 4.87. The van der Waals surface area contributed by atoms with Crippen LogP contribution in [-0.2, 0) is 11.3 Å². The number of thioether (sulfide) groups is 1. The standard InChI is InChI=1S/C13H22N4OS/c1-4-17-8-11(7-14-17)12-10-19-6-5-16(12)9-13(18)15(2)3/h7-8,12H,4-6,9-10H2,1-3H3/t12-/m1/s1. The van der Waals surface area contributed by atoms with Gasteiger partial charge in [0.25, 0.3) is 0 Å². The number of carbonyl (C=O) groups is 1. The van der Waals surface area contributed by atoms with Gasteiger partial charge in [0.05, 0.1) is 12.7 Å². The van der Waals surface area contributed by atoms with Crippen LogP contribution in [0.5, 0.6) is 0 Å². The first-order chi connectivity index (χ1) is 9.11. The number of amides is 1. The molecule has 6 heteroatoms. The largest absolute Gasteiger partial charge is 0.348 e. The molecule has 1 aliphatic heterocycles. The van der Waals surface area contributed by atoms with Gasteiger partial charge in [0.15, 0.2) is 0 Å². The van der Waals surface area contributed by atoms with Crippen molar-refractivity contribution in [3.8, 4) is 0 Å². The molecule has 0 N–H and O–H groups in total. The molecule has 106 valence electrons. The monoisotopic (exact) mass is 282 g/mol. The Morgan fingerprint density at radius 2 is 2.37 bits per heavy atom. The maximum Gasteiger partial charge on any atom is 0.236 e. The van der Waals surface area contributed by atoms with Crippen LogP contribution in [0.3, 0.4) is 0 Å². The molecule has 1 aromatic heterocycles. The van der Waals surface area contributed by atoms with Gasteiger partial charge in [-0.05, 0) is 6.92 Å². The van der Waals surface area contributed by atoms with Gasteiger partial charge in [0, 0.05) is 56.5 Å². The minimum Gasteiger partial charge on any atom is -0.348 e. The molecule has 1 amide bonds. The molecule has 2 rings (SSSR count). The Morgan fingerprint density at radius 3 is 3.00 bits per heavy atom. The number of aryl methyl sites for hydroxylation is 1. The Balaban J connectivity index is 2.09. The van der Waals surface area contributed by atoms with Crippen molar-refractivity contribution in [2.24, 2.45) is 0 Å². The molecule has 0 saturated carbocycles. The molecular formula is C13H22N4OS. The van der Waals surface area contributed by atoms with Crippen molar-refractivity contribution in [1.82, 2.24) is 19.6 Å². The number of nitrogens with zero attached hydrogens (tertiary/aromatic N) is 4. The van der Waals surface area contributed by atoms with Crippen molar-refractivity contribution in [2.75, 3.05) is 38.7 Å². The Labute approximate surface area is 118 Å². The molecule has 1 atom stereocenters. The van der Waals surface area contributed by atoms with Gasteiger partial charge in [-0.1, -0.05) is 0 Å². The average molecular weight is 282 g/mol. The van der Waals surface area contributed by atoms with Gasteiger partial charge in [-0.25, -0.2) is 0 Å². The van der Waals surface area contributed by atoms with Crippen LogP contribution in [-0.4, -0.2) is 64.2 Å². The van der Waals surface area contributed by atoms with Gasteiger partial charge in [-0.2, -0.15) is 16.9 Å². The molecule has 0 bridgehead atoms. The molecule has 0 radical (unpaired) electrons. The maximum absolute atomic E-state index is 11.9. The van der Waals surface area contributed by atoms with Crippen molar-refractivity contribution in [3.63, 3.8) is 0 Å². The first-order valence-electron chi connectivity index (χ1n) is 6.66. The summed E-state index contributed by atoms with van der Waals surface area (Å²) in [5.41, 5.74) is 1.22. The van der Waals surface area contributed by atoms with E-state index in [9.17, 15) is 4.79 Å². The Bertz CT molecular complexity index is 432. The molecular weight excluding hydrogens is 260 g/mol. The topological polar surface area (TPSA) is 41.4 Å². The fourth-order valence-corrected chi connectivity index (χ4v) is 3.33. The van der Waals surface area contributed by atoms with Gasteiger partial charge in [-0.3, -0.25) is 14.4 Å². The predicted octanol–water partition coefficient (Wildman–Crippen LogP) is 1.08. The second-order valence-corrected chi connectivity index (χ2v) is 6.13. The van der Waals surface area contributed by atoms with Crippen LogP contribution < -0.4 is 0 Å². The highest BCUT2D eigenvalue weighted by Crippen LogP contribution is 2.29. The van der Waals surface area contributed by atoms with Crippen LogP contribution in [0.25, 0.3) is 0 Å². The van der Waals surface area contributed by atoms with Crippen molar-refractivity contribution in [3.05, 3.63) is 18.0 Å². The lowest BCUT2D eigenvalue weighted by Gasteiger charge is -2.34. The highest BCUT2D eigenvalue weighted by Gasteiger charge is 2.27. The van der Waals surface area contributed by atoms with Crippen LogP contribution in [0.1, 0.15) is 18.5 Å². The molecule has 0 aromatic carbocycles. The first kappa shape index (κ1) is 14.4. The number of rotatable bonds is 4. The molecule has 2 heterocycles. The molecule has 19 heavy (non-hydrogen) atoms. The lowest BCUT2D eigenvalue weighted by molar-refractivity contribution is -0.130. The van der Waals surface area contributed by atoms with Crippen LogP contribution in [0.15, 0.2) is 12.4 Å². The van der Waals surface area contributed by atoms with Gasteiger partial charge < -0.3 is 4.90 Å². The molecule has 0 spiro atoms. The third-order valence-electron chi connectivity index (χ3n) is 3.44. The lowest BCUT2D eigenvalue weighted by atomic mass is 10.1. The molecule has 0 unspecified atom stereocenters. The van der Waals surface area contributed by atoms with Crippen molar-refractivity contribution in [2.45, 2.75) is 19.5 Å². The fourth-order valence-electron chi connectivity index (χ4n) is 2.17. The SMILES string of the molecule is CCn1cc([C@H]2CSCCN2CC(=O)N(C)C)cn1. The molecule has 5 nitrogen and oxygen atoms in total. The van der Waals surface area contributed by atoms with E-state index in [1.807, 2.05) is 36.7 Å². The molecule has 1 saturated heterocycles. The third-order valence-corrected chi connectivity index (χ3v) is 4.46. The quantitative estimate of drug-likeness (QED) is 0.829. The third kappa shape index (κ3) is 3.51. The van der Waals surface area contributed by atoms with Gasteiger partial charge in [0.2, 0.25) is 5.91 Å². The van der Waals surface area contributed by atoms with Crippen molar-refractivity contribution < 1.29 is 4.79 Å². The number of hydrogen-bond acceptors (Lipinski definition) is 4. The highest BCUT2D eigenvalue weighted by atomic mass is 32.2. The van der Waals surface area contributed by atoms with E-state index in [1.165, 1.54) is 5.56 Å². The summed E-state index contributed by atoms with van der Waals surface area (Å²) in [5.74, 6) is 2.30. The van der Waals surface area contributed by atoms with Gasteiger partial charge >= 0.3 is 0 Å². The average Bonchev–Trinajstić information content (AvgIpc) is 2.88. The molecule has 1 fully saturated rings. The zero-order chi connectivity index (χ0) is 13.8. The number of carbonyl (C=O) groups excluding carboxylic acids is 1. The Hall–Kier alpha value is -1.01. The van der Waals surface area contributed by atoms with Crippen molar-refractivity contribution in [1.29, 1.82) is 0 Å². The molecule has 1 aromatic rings. The second kappa shape index (κ2) is 6.43. The summed E-state index contributed by atoms with van der Waals surface area (Å²) >= 11 is 1.95. The zero-order valence-corrected chi connectivity index (χ0v) is 12.7. The van der Waals surface area contributed by atoms with E-state index in [1.54, 1.807) is 4.90 Å². The molecule has 0 aliphatic carbocycles. The second-order valence-electron chi connectivity index (χ2n) is 4.98. The van der Waals surface area contributed by atoms with Gasteiger partial charge in [-0.15, -0.1) is 0 Å². The predicted molar refractivity (Wildman–Crippen MR) is 78.2 cm³/mol. The summed E-state index contributed by atoms with van der Waals surface area (Å²) < 4.78 is 1.94. The summed E-state index contributed by atoms with van der Waals surface area (Å²) in [5, 5.41) is 4.34. The summed E-state index contributed by atoms with van der Waals surface area (Å²) in [4.78, 5) is 15.8. The van der Waals surface area contributed by atoms with Crippen LogP contribution in [0, 0.1) is 0 Å². The van der Waals surface area contributed by atoms with E-state index < -0.39 is 0 Å². The van der Waals surface area contributed by atoms with Crippen LogP contribution in [0.4, 0.5) is 0 Å². The van der Waals surface area contributed by atoms with E-state index in [0.717, 1.165) is 24.6 Å². The minimum absolute atomic E-state index is 0.166. The van der Waals surface area contributed by atoms with E-state index in [0.29, 0.717) is 12.6 Å². The normalized spacial score (nSPS) is 20.5. The summed E-state index contributed by atoms with van der Waals surface area (Å²) in [6.45, 7) is 4.43. The van der Waals surface area contributed by atoms with E-state index in [4.69, 9.17) is 0 Å². The summed E-state index contributed by atoms with van der Waals surface area (Å²) in [6, 6.07) is 0.308. The van der Waals surface area contributed by atoms with E-state index in [-0.39, 0.29) is 5.91 Å². The van der Waals surface area contributed by atoms with Gasteiger partial charge in [0.1, 0.15) is 0 Å². The maximum atomic E-state index is 11.9. The number of hydrogen-bond donors (Lipinski definition) is 0. The van der Waals surface area contributed by atoms with E-state index in [2.05, 4.69) is 23.1 Å². The van der Waals surface area contributed by atoms with Crippen LogP contribution in [0.2, 0.25) is 0 Å². The zero-order valence-electron chi connectivity index (χ0n) is 11.9. The van der Waals surface area contributed by atoms with E-state index >= 15 is 0 Å². The summed E-state index contributed by atoms with van der Waals surface area (Å²) in [6.07, 6.45) is 4.04. The Morgan fingerprint density at radius 1 is 1.58 bits per heavy atom. The fraction of sp³-hybridized carbons (Fsp3) is 0.692. The first-order valence-corrected chi connectivity index (χ1v) is 7.81. The lowest BCUT2D eigenvalue weighted by Crippen LogP contribution is -2.42. The number of aromatic nitrogens is 2. The smallest absolute Gasteiger partial charge is 0.236 e. The van der Waals surface area contributed by atoms with Crippen molar-refractivity contribution >= 4 is 17.7 Å². The highest BCUT2D eigenvalue weighted by molar-refractivity contribution is 7.99. The number of likely N-dealkylation sites (N-methyl/N-ethyl adjacent to an activating group) is 1. The summed E-state index contributed by atoms with van der Waals surface area (Å²) in [7, 11) is 3.62. The molecule has 1 aliphatic rings. The van der Waals surface area contributed by atoms with Crippen LogP contribution >= 0.6 is 11.8 Å². The minimum atomic E-state index is 0.166.